The van der Waals surface area contributed by atoms with Gasteiger partial charge in [0.15, 0.2) is 0 Å². The smallest absolute Gasteiger partial charge is 0.248 e. The number of piperazine rings is 1. The van der Waals surface area contributed by atoms with Crippen LogP contribution in [0.3, 0.4) is 0 Å². The Balaban J connectivity index is 2.38. The van der Waals surface area contributed by atoms with Gasteiger partial charge in [-0.15, -0.1) is 0 Å². The number of carbonyl (C=O) groups excluding carboxylic acids is 2. The van der Waals surface area contributed by atoms with Gasteiger partial charge in [-0.25, -0.2) is 0 Å². The molecule has 7 heteroatoms. The quantitative estimate of drug-likeness (QED) is 0.917. The summed E-state index contributed by atoms with van der Waals surface area (Å²) >= 11 is 6.24. The molecule has 2 amide bonds. The highest BCUT2D eigenvalue weighted by Gasteiger charge is 2.44. The largest absolute Gasteiger partial charge is 0.340 e. The molecule has 116 valence electrons. The molecule has 1 aliphatic heterocycles. The minimum absolute atomic E-state index is 0.103. The predicted molar refractivity (Wildman–Crippen MR) is 79.8 cm³/mol. The fourth-order valence-electron chi connectivity index (χ4n) is 2.70. The Labute approximate surface area is 129 Å². The Morgan fingerprint density at radius 3 is 2.48 bits per heavy atom. The first-order valence-corrected chi connectivity index (χ1v) is 7.38. The van der Waals surface area contributed by atoms with Gasteiger partial charge in [-0.1, -0.05) is 18.5 Å². The topological polar surface area (TPSA) is 67.2 Å². The maximum absolute atomic E-state index is 12.6. The lowest BCUT2D eigenvalue weighted by atomic mass is 9.95. The van der Waals surface area contributed by atoms with E-state index in [1.54, 1.807) is 30.5 Å². The molecule has 0 aromatic carbocycles. The van der Waals surface area contributed by atoms with Crippen LogP contribution < -0.4 is 5.32 Å². The summed E-state index contributed by atoms with van der Waals surface area (Å²) in [5, 5.41) is 7.53. The number of hydrogen-bond donors (Lipinski definition) is 1. The van der Waals surface area contributed by atoms with E-state index in [2.05, 4.69) is 10.4 Å². The lowest BCUT2D eigenvalue weighted by Crippen LogP contribution is -2.67. The molecular formula is C14H21ClN4O2. The van der Waals surface area contributed by atoms with Gasteiger partial charge < -0.3 is 10.2 Å². The van der Waals surface area contributed by atoms with Crippen molar-refractivity contribution in [1.29, 1.82) is 0 Å². The molecule has 1 fully saturated rings. The van der Waals surface area contributed by atoms with E-state index in [0.29, 0.717) is 18.1 Å². The van der Waals surface area contributed by atoms with E-state index >= 15 is 0 Å². The second-order valence-corrected chi connectivity index (χ2v) is 6.31. The van der Waals surface area contributed by atoms with Crippen molar-refractivity contribution in [3.05, 3.63) is 16.4 Å². The molecule has 2 heterocycles. The van der Waals surface area contributed by atoms with Crippen LogP contribution in [-0.2, 0) is 23.2 Å². The summed E-state index contributed by atoms with van der Waals surface area (Å²) in [6, 6.07) is -0.471. The first-order chi connectivity index (χ1) is 9.69. The van der Waals surface area contributed by atoms with Crippen molar-refractivity contribution in [2.45, 2.75) is 52.2 Å². The fraction of sp³-hybridized carbons (Fsp3) is 0.643. The zero-order valence-corrected chi connectivity index (χ0v) is 13.8. The minimum atomic E-state index is -0.897. The molecule has 0 aliphatic carbocycles. The van der Waals surface area contributed by atoms with Crippen molar-refractivity contribution in [2.24, 2.45) is 7.05 Å². The number of hydrogen-bond acceptors (Lipinski definition) is 3. The van der Waals surface area contributed by atoms with Crippen LogP contribution in [0.5, 0.6) is 0 Å². The van der Waals surface area contributed by atoms with Crippen molar-refractivity contribution in [3.63, 3.8) is 0 Å². The molecular weight excluding hydrogens is 292 g/mol. The molecule has 1 unspecified atom stereocenters. The van der Waals surface area contributed by atoms with E-state index in [9.17, 15) is 9.59 Å². The molecule has 1 aliphatic rings. The van der Waals surface area contributed by atoms with Gasteiger partial charge in [0, 0.05) is 12.6 Å². The predicted octanol–water partition coefficient (Wildman–Crippen LogP) is 1.40. The first-order valence-electron chi connectivity index (χ1n) is 7.00. The monoisotopic (exact) mass is 312 g/mol. The molecule has 1 aromatic rings. The number of amides is 2. The van der Waals surface area contributed by atoms with Crippen LogP contribution in [0.15, 0.2) is 0 Å². The van der Waals surface area contributed by atoms with E-state index in [-0.39, 0.29) is 11.8 Å². The fourth-order valence-corrected chi connectivity index (χ4v) is 2.93. The highest BCUT2D eigenvalue weighted by Crippen LogP contribution is 2.26. The van der Waals surface area contributed by atoms with Crippen LogP contribution in [0.2, 0.25) is 5.15 Å². The first kappa shape index (κ1) is 15.8. The maximum atomic E-state index is 12.6. The molecule has 6 nitrogen and oxygen atoms in total. The van der Waals surface area contributed by atoms with E-state index in [1.165, 1.54) is 0 Å². The molecule has 2 rings (SSSR count). The summed E-state index contributed by atoms with van der Waals surface area (Å²) in [6.45, 7) is 7.46. The second kappa shape index (κ2) is 5.33. The number of aryl methyl sites for hydroxylation is 2. The summed E-state index contributed by atoms with van der Waals surface area (Å²) in [5.41, 5.74) is 0.663. The average Bonchev–Trinajstić information content (AvgIpc) is 2.61. The van der Waals surface area contributed by atoms with Crippen LogP contribution in [0.4, 0.5) is 0 Å². The van der Waals surface area contributed by atoms with E-state index in [1.807, 2.05) is 13.8 Å². The van der Waals surface area contributed by atoms with Crippen molar-refractivity contribution in [3.8, 4) is 0 Å². The maximum Gasteiger partial charge on any atom is 0.248 e. The van der Waals surface area contributed by atoms with Crippen LogP contribution in [-0.4, -0.2) is 38.1 Å². The zero-order chi connectivity index (χ0) is 15.9. The summed E-state index contributed by atoms with van der Waals surface area (Å²) in [7, 11) is 1.75. The van der Waals surface area contributed by atoms with Gasteiger partial charge in [0.05, 0.1) is 12.2 Å². The highest BCUT2D eigenvalue weighted by atomic mass is 35.5. The summed E-state index contributed by atoms with van der Waals surface area (Å²) in [6.07, 6.45) is 0.560. The minimum Gasteiger partial charge on any atom is -0.340 e. The van der Waals surface area contributed by atoms with Crippen LogP contribution in [0, 0.1) is 6.92 Å². The zero-order valence-electron chi connectivity index (χ0n) is 13.0. The van der Waals surface area contributed by atoms with Gasteiger partial charge in [-0.3, -0.25) is 14.3 Å². The molecule has 0 saturated carbocycles. The summed E-state index contributed by atoms with van der Waals surface area (Å²) in [5.74, 6) is -0.229. The standard InChI is InChI=1S/C14H21ClN4O2/c1-6-10-12(20)16-14(3,4)13(21)19(10)7-9-8(2)17-18(5)11(9)15/h10H,6-7H2,1-5H3,(H,16,20). The van der Waals surface area contributed by atoms with Gasteiger partial charge in [0.1, 0.15) is 16.7 Å². The molecule has 21 heavy (non-hydrogen) atoms. The average molecular weight is 313 g/mol. The molecule has 1 N–H and O–H groups in total. The van der Waals surface area contributed by atoms with Gasteiger partial charge >= 0.3 is 0 Å². The van der Waals surface area contributed by atoms with Gasteiger partial charge in [-0.05, 0) is 27.2 Å². The normalized spacial score (nSPS) is 21.6. The third-order valence-corrected chi connectivity index (χ3v) is 4.37. The van der Waals surface area contributed by atoms with Gasteiger partial charge in [0.25, 0.3) is 0 Å². The SMILES string of the molecule is CCC1C(=O)NC(C)(C)C(=O)N1Cc1c(C)nn(C)c1Cl. The third-order valence-electron chi connectivity index (χ3n) is 3.90. The van der Waals surface area contributed by atoms with Crippen LogP contribution in [0.1, 0.15) is 38.4 Å². The Bertz CT molecular complexity index is 594. The molecule has 1 aromatic heterocycles. The number of aromatic nitrogens is 2. The van der Waals surface area contributed by atoms with E-state index in [0.717, 1.165) is 11.3 Å². The number of carbonyl (C=O) groups is 2. The molecule has 1 saturated heterocycles. The number of nitrogens with zero attached hydrogens (tertiary/aromatic N) is 3. The molecule has 0 radical (unpaired) electrons. The lowest BCUT2D eigenvalue weighted by Gasteiger charge is -2.42. The lowest BCUT2D eigenvalue weighted by molar-refractivity contribution is -0.154. The molecule has 0 spiro atoms. The summed E-state index contributed by atoms with van der Waals surface area (Å²) < 4.78 is 1.58. The van der Waals surface area contributed by atoms with Crippen LogP contribution >= 0.6 is 11.6 Å². The molecule has 1 atom stereocenters. The van der Waals surface area contributed by atoms with Gasteiger partial charge in [0.2, 0.25) is 11.8 Å². The number of halogens is 1. The van der Waals surface area contributed by atoms with E-state index < -0.39 is 11.6 Å². The van der Waals surface area contributed by atoms with Gasteiger partial charge in [-0.2, -0.15) is 5.10 Å². The highest BCUT2D eigenvalue weighted by molar-refractivity contribution is 6.30. The Morgan fingerprint density at radius 1 is 1.38 bits per heavy atom. The van der Waals surface area contributed by atoms with Crippen molar-refractivity contribution in [2.75, 3.05) is 0 Å². The van der Waals surface area contributed by atoms with Crippen molar-refractivity contribution >= 4 is 23.4 Å². The van der Waals surface area contributed by atoms with Crippen LogP contribution in [0.25, 0.3) is 0 Å². The Kier molecular flexibility index (Phi) is 4.02. The van der Waals surface area contributed by atoms with Crippen molar-refractivity contribution in [1.82, 2.24) is 20.0 Å². The number of rotatable bonds is 3. The molecule has 0 bridgehead atoms. The Hall–Kier alpha value is -1.56. The number of nitrogens with one attached hydrogen (secondary N) is 1. The third kappa shape index (κ3) is 2.64. The van der Waals surface area contributed by atoms with E-state index in [4.69, 9.17) is 11.6 Å². The van der Waals surface area contributed by atoms with Crippen molar-refractivity contribution < 1.29 is 9.59 Å². The summed E-state index contributed by atoms with van der Waals surface area (Å²) in [4.78, 5) is 26.4. The Morgan fingerprint density at radius 2 is 2.00 bits per heavy atom. The second-order valence-electron chi connectivity index (χ2n) is 5.95.